The molecule has 1 atom stereocenters. The predicted molar refractivity (Wildman–Crippen MR) is 91.2 cm³/mol. The molecule has 7 nitrogen and oxygen atoms in total. The van der Waals surface area contributed by atoms with E-state index in [4.69, 9.17) is 4.42 Å². The van der Waals surface area contributed by atoms with Gasteiger partial charge in [-0.3, -0.25) is 14.9 Å². The Balaban J connectivity index is 1.78. The summed E-state index contributed by atoms with van der Waals surface area (Å²) >= 11 is 0. The van der Waals surface area contributed by atoms with Crippen molar-refractivity contribution in [2.75, 3.05) is 6.54 Å². The number of aliphatic hydroxyl groups is 1. The highest BCUT2D eigenvalue weighted by atomic mass is 16.6. The molecule has 0 saturated carbocycles. The predicted octanol–water partition coefficient (Wildman–Crippen LogP) is 2.98. The average Bonchev–Trinajstić information content (AvgIpc) is 3.05. The second-order valence-corrected chi connectivity index (χ2v) is 5.88. The largest absolute Gasteiger partial charge is 0.458 e. The first kappa shape index (κ1) is 16.7. The van der Waals surface area contributed by atoms with Crippen LogP contribution in [0.5, 0.6) is 0 Å². The molecular formula is C18H16N2O5. The molecule has 1 unspecified atom stereocenters. The van der Waals surface area contributed by atoms with E-state index in [-0.39, 0.29) is 17.8 Å². The third kappa shape index (κ3) is 3.36. The minimum atomic E-state index is -1.46. The Labute approximate surface area is 143 Å². The summed E-state index contributed by atoms with van der Waals surface area (Å²) in [6.07, 6.45) is 0. The van der Waals surface area contributed by atoms with Gasteiger partial charge in [-0.1, -0.05) is 30.3 Å². The van der Waals surface area contributed by atoms with Crippen LogP contribution in [0.1, 0.15) is 23.0 Å². The molecule has 128 valence electrons. The maximum atomic E-state index is 12.3. The van der Waals surface area contributed by atoms with Crippen molar-refractivity contribution in [3.05, 3.63) is 76.0 Å². The van der Waals surface area contributed by atoms with E-state index in [1.165, 1.54) is 25.1 Å². The van der Waals surface area contributed by atoms with Crippen molar-refractivity contribution in [2.45, 2.75) is 12.5 Å². The van der Waals surface area contributed by atoms with Crippen LogP contribution in [0.2, 0.25) is 0 Å². The van der Waals surface area contributed by atoms with Crippen LogP contribution in [0.25, 0.3) is 11.0 Å². The second-order valence-electron chi connectivity index (χ2n) is 5.88. The molecule has 0 aliphatic rings. The number of hydrogen-bond acceptors (Lipinski definition) is 5. The summed E-state index contributed by atoms with van der Waals surface area (Å²) in [5.41, 5.74) is -1.18. The highest BCUT2D eigenvalue weighted by molar-refractivity contribution is 5.98. The summed E-state index contributed by atoms with van der Waals surface area (Å²) in [6, 6.07) is 14.7. The van der Waals surface area contributed by atoms with Crippen molar-refractivity contribution >= 4 is 22.6 Å². The Morgan fingerprint density at radius 2 is 1.92 bits per heavy atom. The molecule has 2 aromatic carbocycles. The van der Waals surface area contributed by atoms with Gasteiger partial charge in [-0.25, -0.2) is 0 Å². The summed E-state index contributed by atoms with van der Waals surface area (Å²) in [7, 11) is 0. The smallest absolute Gasteiger partial charge is 0.282 e. The Kier molecular flexibility index (Phi) is 4.24. The number of carbonyl (C=O) groups is 1. The highest BCUT2D eigenvalue weighted by Gasteiger charge is 2.29. The minimum Gasteiger partial charge on any atom is -0.458 e. The Morgan fingerprint density at radius 3 is 2.64 bits per heavy atom. The third-order valence-electron chi connectivity index (χ3n) is 3.89. The van der Waals surface area contributed by atoms with Crippen LogP contribution >= 0.6 is 0 Å². The molecule has 0 spiro atoms. The van der Waals surface area contributed by atoms with E-state index in [1.807, 2.05) is 18.2 Å². The van der Waals surface area contributed by atoms with E-state index < -0.39 is 16.4 Å². The molecule has 1 heterocycles. The number of rotatable bonds is 5. The maximum Gasteiger partial charge on any atom is 0.282 e. The van der Waals surface area contributed by atoms with Gasteiger partial charge >= 0.3 is 0 Å². The van der Waals surface area contributed by atoms with E-state index in [0.29, 0.717) is 11.3 Å². The van der Waals surface area contributed by atoms with Crippen molar-refractivity contribution in [1.29, 1.82) is 0 Å². The zero-order chi connectivity index (χ0) is 18.0. The number of nitrogens with one attached hydrogen (secondary N) is 1. The number of nitrogens with zero attached hydrogens (tertiary/aromatic N) is 1. The first-order valence-corrected chi connectivity index (χ1v) is 7.61. The number of fused-ring (bicyclic) bond motifs is 1. The molecule has 0 fully saturated rings. The number of para-hydroxylation sites is 2. The number of furan rings is 1. The van der Waals surface area contributed by atoms with E-state index in [9.17, 15) is 20.0 Å². The van der Waals surface area contributed by atoms with Crippen molar-refractivity contribution in [3.8, 4) is 0 Å². The number of carbonyl (C=O) groups excluding carboxylic acids is 1. The van der Waals surface area contributed by atoms with Crippen molar-refractivity contribution in [1.82, 2.24) is 5.32 Å². The molecular weight excluding hydrogens is 324 g/mol. The molecule has 0 aliphatic carbocycles. The van der Waals surface area contributed by atoms with Gasteiger partial charge in [-0.2, -0.15) is 0 Å². The average molecular weight is 340 g/mol. The van der Waals surface area contributed by atoms with E-state index >= 15 is 0 Å². The fourth-order valence-electron chi connectivity index (χ4n) is 2.51. The maximum absolute atomic E-state index is 12.3. The summed E-state index contributed by atoms with van der Waals surface area (Å²) in [6.45, 7) is 1.35. The van der Waals surface area contributed by atoms with Gasteiger partial charge in [0.1, 0.15) is 22.5 Å². The minimum absolute atomic E-state index is 0.0621. The number of nitro groups is 1. The first-order chi connectivity index (χ1) is 11.9. The lowest BCUT2D eigenvalue weighted by molar-refractivity contribution is -0.385. The van der Waals surface area contributed by atoms with Crippen LogP contribution in [0.4, 0.5) is 5.69 Å². The molecule has 3 rings (SSSR count). The Morgan fingerprint density at radius 1 is 1.24 bits per heavy atom. The zero-order valence-electron chi connectivity index (χ0n) is 13.4. The van der Waals surface area contributed by atoms with Gasteiger partial charge in [0.25, 0.3) is 11.6 Å². The van der Waals surface area contributed by atoms with Crippen LogP contribution in [0, 0.1) is 10.1 Å². The lowest BCUT2D eigenvalue weighted by atomic mass is 10.0. The summed E-state index contributed by atoms with van der Waals surface area (Å²) in [5.74, 6) is -0.333. The topological polar surface area (TPSA) is 106 Å². The lowest BCUT2D eigenvalue weighted by Gasteiger charge is -2.21. The standard InChI is InChI=1S/C18H16N2O5/c1-18(22,16-10-12-6-2-5-9-15(12)25-16)11-19-17(21)13-7-3-4-8-14(13)20(23)24/h2-10,22H,11H2,1H3,(H,19,21). The van der Waals surface area contributed by atoms with Crippen LogP contribution in [0.3, 0.4) is 0 Å². The summed E-state index contributed by atoms with van der Waals surface area (Å²) < 4.78 is 5.62. The molecule has 0 aliphatic heterocycles. The van der Waals surface area contributed by atoms with Gasteiger partial charge in [0, 0.05) is 11.5 Å². The highest BCUT2D eigenvalue weighted by Crippen LogP contribution is 2.27. The summed E-state index contributed by atoms with van der Waals surface area (Å²) in [4.78, 5) is 22.7. The Bertz CT molecular complexity index is 912. The van der Waals surface area contributed by atoms with E-state index in [1.54, 1.807) is 18.2 Å². The number of benzene rings is 2. The van der Waals surface area contributed by atoms with Crippen molar-refractivity contribution in [2.24, 2.45) is 0 Å². The van der Waals surface area contributed by atoms with Crippen molar-refractivity contribution < 1.29 is 19.2 Å². The van der Waals surface area contributed by atoms with Gasteiger partial charge in [0.2, 0.25) is 0 Å². The molecule has 2 N–H and O–H groups in total. The SMILES string of the molecule is CC(O)(CNC(=O)c1ccccc1[N+](=O)[O-])c1cc2ccccc2o1. The molecule has 0 bridgehead atoms. The van der Waals surface area contributed by atoms with Crippen LogP contribution < -0.4 is 5.32 Å². The molecule has 7 heteroatoms. The molecule has 1 aromatic heterocycles. The van der Waals surface area contributed by atoms with Gasteiger partial charge in [0.15, 0.2) is 0 Å². The molecule has 1 amide bonds. The van der Waals surface area contributed by atoms with Gasteiger partial charge in [-0.05, 0) is 25.1 Å². The molecule has 0 radical (unpaired) electrons. The lowest BCUT2D eigenvalue weighted by Crippen LogP contribution is -2.38. The van der Waals surface area contributed by atoms with Crippen LogP contribution in [0.15, 0.2) is 59.0 Å². The summed E-state index contributed by atoms with van der Waals surface area (Å²) in [5, 5.41) is 25.0. The van der Waals surface area contributed by atoms with Gasteiger partial charge in [0.05, 0.1) is 11.5 Å². The second kappa shape index (κ2) is 6.37. The number of hydrogen-bond donors (Lipinski definition) is 2. The number of nitro benzene ring substituents is 1. The normalized spacial score (nSPS) is 13.4. The molecule has 3 aromatic rings. The Hall–Kier alpha value is -3.19. The van der Waals surface area contributed by atoms with Gasteiger partial charge in [-0.15, -0.1) is 0 Å². The van der Waals surface area contributed by atoms with Crippen LogP contribution in [-0.2, 0) is 5.60 Å². The van der Waals surface area contributed by atoms with Crippen molar-refractivity contribution in [3.63, 3.8) is 0 Å². The quantitative estimate of drug-likeness (QED) is 0.549. The fraction of sp³-hybridized carbons (Fsp3) is 0.167. The first-order valence-electron chi connectivity index (χ1n) is 7.61. The molecule has 0 saturated heterocycles. The fourth-order valence-corrected chi connectivity index (χ4v) is 2.51. The van der Waals surface area contributed by atoms with Gasteiger partial charge < -0.3 is 14.8 Å². The van der Waals surface area contributed by atoms with E-state index in [0.717, 1.165) is 5.39 Å². The van der Waals surface area contributed by atoms with E-state index in [2.05, 4.69) is 5.32 Å². The van der Waals surface area contributed by atoms with Crippen LogP contribution in [-0.4, -0.2) is 22.5 Å². The zero-order valence-corrected chi connectivity index (χ0v) is 13.4. The third-order valence-corrected chi connectivity index (χ3v) is 3.89. The number of amides is 1. The monoisotopic (exact) mass is 340 g/mol. The molecule has 25 heavy (non-hydrogen) atoms.